The van der Waals surface area contributed by atoms with Gasteiger partial charge in [0.1, 0.15) is 0 Å². The quantitative estimate of drug-likeness (QED) is 0.602. The smallest absolute Gasteiger partial charge is 0.156 e. The highest BCUT2D eigenvalue weighted by molar-refractivity contribution is 5.05. The van der Waals surface area contributed by atoms with Gasteiger partial charge in [0.15, 0.2) is 5.76 Å². The zero-order valence-electron chi connectivity index (χ0n) is 11.7. The molecule has 1 saturated heterocycles. The maximum absolute atomic E-state index is 5.38. The third kappa shape index (κ3) is 4.19. The van der Waals surface area contributed by atoms with Crippen LogP contribution in [0.15, 0.2) is 18.1 Å². The Bertz CT molecular complexity index is 281. The lowest BCUT2D eigenvalue weighted by atomic mass is 9.86. The second-order valence-electron chi connectivity index (χ2n) is 5.72. The lowest BCUT2D eigenvalue weighted by Crippen LogP contribution is -2.52. The van der Waals surface area contributed by atoms with Gasteiger partial charge in [-0.05, 0) is 18.3 Å². The zero-order valence-corrected chi connectivity index (χ0v) is 11.7. The second kappa shape index (κ2) is 6.25. The summed E-state index contributed by atoms with van der Waals surface area (Å²) in [5, 5.41) is 2.30. The summed E-state index contributed by atoms with van der Waals surface area (Å²) in [5.41, 5.74) is 6.55. The minimum Gasteiger partial charge on any atom is -0.491 e. The molecule has 0 bridgehead atoms. The van der Waals surface area contributed by atoms with E-state index in [0.717, 1.165) is 18.8 Å². The summed E-state index contributed by atoms with van der Waals surface area (Å²) in [5.74, 6) is 0.795. The van der Waals surface area contributed by atoms with Crippen LogP contribution in [0.5, 0.6) is 0 Å². The molecule has 0 spiro atoms. The Hall–Kier alpha value is -0.760. The van der Waals surface area contributed by atoms with Crippen molar-refractivity contribution < 1.29 is 4.74 Å². The van der Waals surface area contributed by atoms with Crippen molar-refractivity contribution in [3.63, 3.8) is 0 Å². The SMILES string of the molecule is C=C=C(OC)C(NN1CCCCC1)C(C)(C)C. The summed E-state index contributed by atoms with van der Waals surface area (Å²) in [6.07, 6.45) is 3.88. The molecule has 1 unspecified atom stereocenters. The van der Waals surface area contributed by atoms with E-state index >= 15 is 0 Å². The third-order valence-corrected chi connectivity index (χ3v) is 3.19. The molecule has 1 atom stereocenters. The van der Waals surface area contributed by atoms with Gasteiger partial charge in [-0.2, -0.15) is 0 Å². The van der Waals surface area contributed by atoms with Crippen molar-refractivity contribution in [1.82, 2.24) is 10.4 Å². The fraction of sp³-hybridized carbons (Fsp3) is 0.786. The summed E-state index contributed by atoms with van der Waals surface area (Å²) in [7, 11) is 1.68. The van der Waals surface area contributed by atoms with Crippen LogP contribution in [0.4, 0.5) is 0 Å². The highest BCUT2D eigenvalue weighted by Crippen LogP contribution is 2.25. The lowest BCUT2D eigenvalue weighted by molar-refractivity contribution is 0.0742. The first-order chi connectivity index (χ1) is 7.99. The van der Waals surface area contributed by atoms with Crippen LogP contribution in [-0.4, -0.2) is 31.3 Å². The fourth-order valence-corrected chi connectivity index (χ4v) is 2.14. The molecule has 0 amide bonds. The van der Waals surface area contributed by atoms with Crippen LogP contribution in [0.25, 0.3) is 0 Å². The van der Waals surface area contributed by atoms with Gasteiger partial charge in [-0.1, -0.05) is 39.5 Å². The number of piperidine rings is 1. The molecule has 1 heterocycles. The molecule has 0 saturated carbocycles. The van der Waals surface area contributed by atoms with Gasteiger partial charge in [0.05, 0.1) is 13.2 Å². The van der Waals surface area contributed by atoms with E-state index in [2.05, 4.69) is 43.5 Å². The first-order valence-electron chi connectivity index (χ1n) is 6.44. The normalized spacial score (nSPS) is 19.5. The molecule has 98 valence electrons. The first kappa shape index (κ1) is 14.3. The highest BCUT2D eigenvalue weighted by Gasteiger charge is 2.30. The van der Waals surface area contributed by atoms with Crippen LogP contribution in [0.3, 0.4) is 0 Å². The molecule has 0 aromatic heterocycles. The molecule has 1 N–H and O–H groups in total. The molecule has 1 rings (SSSR count). The predicted octanol–water partition coefficient (Wildman–Crippen LogP) is 2.71. The molecular weight excluding hydrogens is 212 g/mol. The van der Waals surface area contributed by atoms with Crippen molar-refractivity contribution in [2.45, 2.75) is 46.1 Å². The molecule has 3 heteroatoms. The monoisotopic (exact) mass is 238 g/mol. The van der Waals surface area contributed by atoms with Crippen molar-refractivity contribution in [3.05, 3.63) is 18.1 Å². The number of hydrazine groups is 1. The molecular formula is C14H26N2O. The molecule has 1 aliphatic rings. The van der Waals surface area contributed by atoms with E-state index in [1.165, 1.54) is 19.3 Å². The Morgan fingerprint density at radius 3 is 2.29 bits per heavy atom. The fourth-order valence-electron chi connectivity index (χ4n) is 2.14. The third-order valence-electron chi connectivity index (χ3n) is 3.19. The van der Waals surface area contributed by atoms with Gasteiger partial charge in [-0.25, -0.2) is 10.4 Å². The minimum atomic E-state index is 0.0769. The lowest BCUT2D eigenvalue weighted by Gasteiger charge is -2.37. The predicted molar refractivity (Wildman–Crippen MR) is 71.5 cm³/mol. The van der Waals surface area contributed by atoms with Crippen LogP contribution in [0.1, 0.15) is 40.0 Å². The number of hydrogen-bond donors (Lipinski definition) is 1. The molecule has 3 nitrogen and oxygen atoms in total. The molecule has 1 fully saturated rings. The number of rotatable bonds is 4. The van der Waals surface area contributed by atoms with Gasteiger partial charge in [0.2, 0.25) is 0 Å². The standard InChI is InChI=1S/C14H26N2O/c1-6-12(17-5)13(14(2,3)4)15-16-10-8-7-9-11-16/h13,15H,1,7-11H2,2-5H3. The maximum atomic E-state index is 5.38. The van der Waals surface area contributed by atoms with E-state index in [1.807, 2.05) is 0 Å². The molecule has 0 aliphatic carbocycles. The number of nitrogens with one attached hydrogen (secondary N) is 1. The van der Waals surface area contributed by atoms with Crippen molar-refractivity contribution in [2.75, 3.05) is 20.2 Å². The van der Waals surface area contributed by atoms with Crippen LogP contribution < -0.4 is 5.43 Å². The zero-order chi connectivity index (χ0) is 12.9. The molecule has 0 aromatic rings. The Balaban J connectivity index is 2.73. The van der Waals surface area contributed by atoms with Gasteiger partial charge in [0, 0.05) is 13.1 Å². The Morgan fingerprint density at radius 1 is 1.29 bits per heavy atom. The van der Waals surface area contributed by atoms with Crippen molar-refractivity contribution in [1.29, 1.82) is 0 Å². The van der Waals surface area contributed by atoms with Gasteiger partial charge in [-0.3, -0.25) is 0 Å². The minimum absolute atomic E-state index is 0.0769. The van der Waals surface area contributed by atoms with Gasteiger partial charge in [-0.15, -0.1) is 0 Å². The van der Waals surface area contributed by atoms with Gasteiger partial charge < -0.3 is 4.74 Å². The topological polar surface area (TPSA) is 24.5 Å². The molecule has 0 aromatic carbocycles. The second-order valence-corrected chi connectivity index (χ2v) is 5.72. The molecule has 17 heavy (non-hydrogen) atoms. The summed E-state index contributed by atoms with van der Waals surface area (Å²) in [6.45, 7) is 12.5. The number of hydrogen-bond acceptors (Lipinski definition) is 3. The highest BCUT2D eigenvalue weighted by atomic mass is 16.5. The van der Waals surface area contributed by atoms with E-state index in [4.69, 9.17) is 4.74 Å². The van der Waals surface area contributed by atoms with E-state index in [1.54, 1.807) is 7.11 Å². The average molecular weight is 238 g/mol. The number of ether oxygens (including phenoxy) is 1. The van der Waals surface area contributed by atoms with Gasteiger partial charge in [0.25, 0.3) is 0 Å². The van der Waals surface area contributed by atoms with E-state index in [9.17, 15) is 0 Å². The molecule has 0 radical (unpaired) electrons. The maximum Gasteiger partial charge on any atom is 0.156 e. The number of methoxy groups -OCH3 is 1. The number of nitrogens with zero attached hydrogens (tertiary/aromatic N) is 1. The van der Waals surface area contributed by atoms with Crippen LogP contribution in [0.2, 0.25) is 0 Å². The Labute approximate surface area is 105 Å². The van der Waals surface area contributed by atoms with E-state index in [-0.39, 0.29) is 11.5 Å². The van der Waals surface area contributed by atoms with Crippen LogP contribution in [-0.2, 0) is 4.74 Å². The van der Waals surface area contributed by atoms with E-state index < -0.39 is 0 Å². The van der Waals surface area contributed by atoms with Gasteiger partial charge >= 0.3 is 0 Å². The van der Waals surface area contributed by atoms with Crippen molar-refractivity contribution in [3.8, 4) is 0 Å². The average Bonchev–Trinajstić information content (AvgIpc) is 2.29. The van der Waals surface area contributed by atoms with Crippen LogP contribution in [0, 0.1) is 5.41 Å². The summed E-state index contributed by atoms with van der Waals surface area (Å²) < 4.78 is 5.38. The van der Waals surface area contributed by atoms with Crippen molar-refractivity contribution in [2.24, 2.45) is 5.41 Å². The first-order valence-corrected chi connectivity index (χ1v) is 6.44. The molecule has 1 aliphatic heterocycles. The van der Waals surface area contributed by atoms with Crippen LogP contribution >= 0.6 is 0 Å². The van der Waals surface area contributed by atoms with Crippen molar-refractivity contribution >= 4 is 0 Å². The Kier molecular flexibility index (Phi) is 5.26. The summed E-state index contributed by atoms with van der Waals surface area (Å²) in [4.78, 5) is 0. The largest absolute Gasteiger partial charge is 0.491 e. The summed E-state index contributed by atoms with van der Waals surface area (Å²) in [6, 6.07) is 0.128. The summed E-state index contributed by atoms with van der Waals surface area (Å²) >= 11 is 0. The Morgan fingerprint density at radius 2 is 1.88 bits per heavy atom. The van der Waals surface area contributed by atoms with E-state index in [0.29, 0.717) is 0 Å².